The summed E-state index contributed by atoms with van der Waals surface area (Å²) in [4.78, 5) is 19.3. The van der Waals surface area contributed by atoms with Gasteiger partial charge in [-0.05, 0) is 23.8 Å². The minimum absolute atomic E-state index is 0.412. The number of aromatic nitrogens is 2. The standard InChI is InChI=1S/C16H13N3O2/c1-21-13-6-5-12-15(18-9-19-16(12)17)14(13)11-4-2-3-10(7-11)8-20/h2-9H,1H3,(H2,17,18,19). The number of aldehydes is 1. The maximum absolute atomic E-state index is 11.0. The fourth-order valence-electron chi connectivity index (χ4n) is 2.35. The van der Waals surface area contributed by atoms with E-state index < -0.39 is 0 Å². The van der Waals surface area contributed by atoms with Gasteiger partial charge in [0.2, 0.25) is 0 Å². The summed E-state index contributed by atoms with van der Waals surface area (Å²) in [6, 6.07) is 10.9. The van der Waals surface area contributed by atoms with Crippen LogP contribution in [0, 0.1) is 0 Å². The van der Waals surface area contributed by atoms with E-state index in [1.54, 1.807) is 19.2 Å². The molecular weight excluding hydrogens is 266 g/mol. The highest BCUT2D eigenvalue weighted by Crippen LogP contribution is 2.37. The van der Waals surface area contributed by atoms with Gasteiger partial charge in [-0.1, -0.05) is 18.2 Å². The summed E-state index contributed by atoms with van der Waals surface area (Å²) in [6.45, 7) is 0. The molecule has 3 aromatic rings. The van der Waals surface area contributed by atoms with Crippen molar-refractivity contribution in [1.82, 2.24) is 9.97 Å². The van der Waals surface area contributed by atoms with E-state index in [1.807, 2.05) is 24.3 Å². The second kappa shape index (κ2) is 5.20. The first-order valence-corrected chi connectivity index (χ1v) is 6.37. The van der Waals surface area contributed by atoms with Gasteiger partial charge in [0.15, 0.2) is 0 Å². The zero-order valence-corrected chi connectivity index (χ0v) is 11.4. The van der Waals surface area contributed by atoms with Crippen LogP contribution in [0.3, 0.4) is 0 Å². The van der Waals surface area contributed by atoms with Gasteiger partial charge in [-0.15, -0.1) is 0 Å². The van der Waals surface area contributed by atoms with Crippen LogP contribution in [0.2, 0.25) is 0 Å². The molecule has 104 valence electrons. The lowest BCUT2D eigenvalue weighted by atomic mass is 9.99. The second-order valence-corrected chi connectivity index (χ2v) is 4.54. The molecule has 0 saturated carbocycles. The van der Waals surface area contributed by atoms with E-state index in [2.05, 4.69) is 9.97 Å². The molecule has 0 fully saturated rings. The summed E-state index contributed by atoms with van der Waals surface area (Å²) in [5, 5.41) is 0.754. The van der Waals surface area contributed by atoms with Crippen LogP contribution >= 0.6 is 0 Å². The van der Waals surface area contributed by atoms with Crippen molar-refractivity contribution >= 4 is 23.0 Å². The van der Waals surface area contributed by atoms with Gasteiger partial charge in [0, 0.05) is 10.9 Å². The summed E-state index contributed by atoms with van der Waals surface area (Å²) in [5.41, 5.74) is 8.84. The number of rotatable bonds is 3. The number of hydrogen-bond acceptors (Lipinski definition) is 5. The Morgan fingerprint density at radius 3 is 2.81 bits per heavy atom. The molecule has 0 amide bonds. The van der Waals surface area contributed by atoms with Gasteiger partial charge in [0.05, 0.1) is 18.2 Å². The zero-order valence-electron chi connectivity index (χ0n) is 11.4. The van der Waals surface area contributed by atoms with Crippen LogP contribution in [0.1, 0.15) is 10.4 Å². The topological polar surface area (TPSA) is 78.1 Å². The highest BCUT2D eigenvalue weighted by molar-refractivity contribution is 6.01. The smallest absolute Gasteiger partial charge is 0.150 e. The number of carbonyl (C=O) groups is 1. The number of hydrogen-bond donors (Lipinski definition) is 1. The average Bonchev–Trinajstić information content (AvgIpc) is 2.54. The van der Waals surface area contributed by atoms with E-state index in [9.17, 15) is 4.79 Å². The van der Waals surface area contributed by atoms with Crippen LogP contribution in [0.4, 0.5) is 5.82 Å². The van der Waals surface area contributed by atoms with Crippen LogP contribution in [0.15, 0.2) is 42.7 Å². The number of methoxy groups -OCH3 is 1. The molecule has 0 saturated heterocycles. The number of ether oxygens (including phenoxy) is 1. The van der Waals surface area contributed by atoms with Crippen molar-refractivity contribution in [3.63, 3.8) is 0 Å². The van der Waals surface area contributed by atoms with Gasteiger partial charge < -0.3 is 10.5 Å². The number of nitrogens with zero attached hydrogens (tertiary/aromatic N) is 2. The maximum atomic E-state index is 11.0. The largest absolute Gasteiger partial charge is 0.496 e. The van der Waals surface area contributed by atoms with Gasteiger partial charge in [-0.2, -0.15) is 0 Å². The van der Waals surface area contributed by atoms with E-state index >= 15 is 0 Å². The number of anilines is 1. The predicted octanol–water partition coefficient (Wildman–Crippen LogP) is 2.70. The van der Waals surface area contributed by atoms with Crippen LogP contribution in [0.25, 0.3) is 22.0 Å². The Balaban J connectivity index is 2.38. The minimum atomic E-state index is 0.412. The Bertz CT molecular complexity index is 831. The molecule has 5 heteroatoms. The molecule has 3 rings (SSSR count). The Labute approximate surface area is 121 Å². The van der Waals surface area contributed by atoms with Gasteiger partial charge in [0.1, 0.15) is 24.2 Å². The average molecular weight is 279 g/mol. The summed E-state index contributed by atoms with van der Waals surface area (Å²) in [7, 11) is 1.60. The molecule has 21 heavy (non-hydrogen) atoms. The molecule has 0 aliphatic heterocycles. The lowest BCUT2D eigenvalue weighted by Gasteiger charge is -2.12. The number of fused-ring (bicyclic) bond motifs is 1. The van der Waals surface area contributed by atoms with Crippen molar-refractivity contribution in [1.29, 1.82) is 0 Å². The fourth-order valence-corrected chi connectivity index (χ4v) is 2.35. The van der Waals surface area contributed by atoms with Crippen molar-refractivity contribution < 1.29 is 9.53 Å². The first-order valence-electron chi connectivity index (χ1n) is 6.37. The number of nitrogens with two attached hydrogens (primary N) is 1. The van der Waals surface area contributed by atoms with Crippen molar-refractivity contribution in [2.45, 2.75) is 0 Å². The summed E-state index contributed by atoms with van der Waals surface area (Å²) >= 11 is 0. The highest BCUT2D eigenvalue weighted by atomic mass is 16.5. The highest BCUT2D eigenvalue weighted by Gasteiger charge is 2.14. The third-order valence-corrected chi connectivity index (χ3v) is 3.33. The van der Waals surface area contributed by atoms with Gasteiger partial charge >= 0.3 is 0 Å². The molecule has 0 spiro atoms. The summed E-state index contributed by atoms with van der Waals surface area (Å²) in [5.74, 6) is 1.08. The van der Waals surface area contributed by atoms with Gasteiger partial charge in [-0.3, -0.25) is 4.79 Å². The van der Waals surface area contributed by atoms with E-state index in [1.165, 1.54) is 6.33 Å². The van der Waals surface area contributed by atoms with Crippen LogP contribution in [0.5, 0.6) is 5.75 Å². The van der Waals surface area contributed by atoms with Crippen LogP contribution in [-0.2, 0) is 0 Å². The fraction of sp³-hybridized carbons (Fsp3) is 0.0625. The normalized spacial score (nSPS) is 10.5. The van der Waals surface area contributed by atoms with Crippen molar-refractivity contribution in [2.75, 3.05) is 12.8 Å². The molecular formula is C16H13N3O2. The van der Waals surface area contributed by atoms with E-state index in [0.29, 0.717) is 22.6 Å². The first kappa shape index (κ1) is 13.1. The van der Waals surface area contributed by atoms with Crippen molar-refractivity contribution in [2.24, 2.45) is 0 Å². The predicted molar refractivity (Wildman–Crippen MR) is 81.3 cm³/mol. The third-order valence-electron chi connectivity index (χ3n) is 3.33. The van der Waals surface area contributed by atoms with E-state index in [0.717, 1.165) is 22.8 Å². The van der Waals surface area contributed by atoms with E-state index in [-0.39, 0.29) is 0 Å². The second-order valence-electron chi connectivity index (χ2n) is 4.54. The molecule has 2 aromatic carbocycles. The molecule has 1 heterocycles. The SMILES string of the molecule is COc1ccc2c(N)ncnc2c1-c1cccc(C=O)c1. The van der Waals surface area contributed by atoms with Crippen LogP contribution in [-0.4, -0.2) is 23.4 Å². The van der Waals surface area contributed by atoms with Gasteiger partial charge in [-0.25, -0.2) is 9.97 Å². The molecule has 0 aliphatic carbocycles. The summed E-state index contributed by atoms with van der Waals surface area (Å²) in [6.07, 6.45) is 2.23. The number of nitrogen functional groups attached to an aromatic ring is 1. The Morgan fingerprint density at radius 1 is 1.19 bits per heavy atom. The van der Waals surface area contributed by atoms with Crippen molar-refractivity contribution in [3.05, 3.63) is 48.3 Å². The Morgan fingerprint density at radius 2 is 2.05 bits per heavy atom. The number of carbonyl (C=O) groups excluding carboxylic acids is 1. The first-order chi connectivity index (χ1) is 10.2. The molecule has 0 bridgehead atoms. The quantitative estimate of drug-likeness (QED) is 0.746. The molecule has 0 atom stereocenters. The minimum Gasteiger partial charge on any atom is -0.496 e. The molecule has 5 nitrogen and oxygen atoms in total. The lowest BCUT2D eigenvalue weighted by Crippen LogP contribution is -1.97. The number of benzene rings is 2. The zero-order chi connectivity index (χ0) is 14.8. The third kappa shape index (κ3) is 2.18. The molecule has 2 N–H and O–H groups in total. The lowest BCUT2D eigenvalue weighted by molar-refractivity contribution is 0.112. The summed E-state index contributed by atoms with van der Waals surface area (Å²) < 4.78 is 5.43. The monoisotopic (exact) mass is 279 g/mol. The molecule has 0 radical (unpaired) electrons. The molecule has 1 aromatic heterocycles. The Kier molecular flexibility index (Phi) is 3.23. The van der Waals surface area contributed by atoms with Crippen molar-refractivity contribution in [3.8, 4) is 16.9 Å². The van der Waals surface area contributed by atoms with Gasteiger partial charge in [0.25, 0.3) is 0 Å². The van der Waals surface area contributed by atoms with E-state index in [4.69, 9.17) is 10.5 Å². The van der Waals surface area contributed by atoms with Crippen LogP contribution < -0.4 is 10.5 Å². The molecule has 0 aliphatic rings. The Hall–Kier alpha value is -2.95. The maximum Gasteiger partial charge on any atom is 0.150 e. The molecule has 0 unspecified atom stereocenters.